The normalized spacial score (nSPS) is 19.1. The van der Waals surface area contributed by atoms with Crippen LogP contribution in [0.5, 0.6) is 0 Å². The fourth-order valence-electron chi connectivity index (χ4n) is 0.935. The highest BCUT2D eigenvalue weighted by Gasteiger charge is 2.01. The highest BCUT2D eigenvalue weighted by atomic mass is 14.1. The van der Waals surface area contributed by atoms with Gasteiger partial charge in [0.2, 0.25) is 0 Å². The van der Waals surface area contributed by atoms with Crippen LogP contribution < -0.4 is 0 Å². The Labute approximate surface area is 56.6 Å². The van der Waals surface area contributed by atoms with E-state index in [1.54, 1.807) is 0 Å². The largest absolute Gasteiger partial charge is 0.0952 e. The van der Waals surface area contributed by atoms with Gasteiger partial charge in [0.1, 0.15) is 0 Å². The lowest BCUT2D eigenvalue weighted by molar-refractivity contribution is 1.15. The minimum atomic E-state index is 1.03. The Hall–Kier alpha value is -0.780. The minimum Gasteiger partial charge on any atom is -0.0952 e. The topological polar surface area (TPSA) is 0 Å². The summed E-state index contributed by atoms with van der Waals surface area (Å²) in [5, 5.41) is 0. The molecule has 0 N–H and O–H groups in total. The van der Waals surface area contributed by atoms with Crippen molar-refractivity contribution in [2.45, 2.75) is 20.3 Å². The van der Waals surface area contributed by atoms with Crippen molar-refractivity contribution in [2.24, 2.45) is 0 Å². The summed E-state index contributed by atoms with van der Waals surface area (Å²) in [5.41, 5.74) is 3.97. The highest BCUT2D eigenvalue weighted by Crippen LogP contribution is 2.21. The lowest BCUT2D eigenvalue weighted by Crippen LogP contribution is -1.90. The SMILES string of the molecule is C=C1CC=CC(C)=C1C. The van der Waals surface area contributed by atoms with Crippen LogP contribution in [-0.4, -0.2) is 0 Å². The zero-order valence-electron chi connectivity index (χ0n) is 6.07. The molecule has 0 aromatic heterocycles. The Balaban J connectivity index is 2.97. The average Bonchev–Trinajstić information content (AvgIpc) is 1.83. The molecule has 0 radical (unpaired) electrons. The van der Waals surface area contributed by atoms with Crippen molar-refractivity contribution in [3.05, 3.63) is 35.5 Å². The first-order chi connectivity index (χ1) is 4.22. The molecule has 0 spiro atoms. The van der Waals surface area contributed by atoms with Gasteiger partial charge in [-0.1, -0.05) is 18.7 Å². The van der Waals surface area contributed by atoms with E-state index in [2.05, 4.69) is 32.6 Å². The van der Waals surface area contributed by atoms with Gasteiger partial charge in [-0.2, -0.15) is 0 Å². The molecule has 0 aliphatic heterocycles. The van der Waals surface area contributed by atoms with Gasteiger partial charge >= 0.3 is 0 Å². The Morgan fingerprint density at radius 3 is 2.56 bits per heavy atom. The van der Waals surface area contributed by atoms with E-state index in [1.165, 1.54) is 16.7 Å². The number of allylic oxidation sites excluding steroid dienone is 5. The van der Waals surface area contributed by atoms with Gasteiger partial charge in [0.25, 0.3) is 0 Å². The standard InChI is InChI=1S/C9H12/c1-7-5-4-6-8(2)9(7)3/h4,6H,1,5H2,2-3H3. The third-order valence-corrected chi connectivity index (χ3v) is 1.85. The lowest BCUT2D eigenvalue weighted by atomic mass is 9.96. The van der Waals surface area contributed by atoms with Crippen LogP contribution in [0.2, 0.25) is 0 Å². The van der Waals surface area contributed by atoms with Crippen LogP contribution in [0.25, 0.3) is 0 Å². The zero-order chi connectivity index (χ0) is 6.85. The van der Waals surface area contributed by atoms with Crippen molar-refractivity contribution < 1.29 is 0 Å². The van der Waals surface area contributed by atoms with Crippen LogP contribution >= 0.6 is 0 Å². The third-order valence-electron chi connectivity index (χ3n) is 1.85. The maximum atomic E-state index is 3.94. The Morgan fingerprint density at radius 1 is 1.44 bits per heavy atom. The molecule has 0 amide bonds. The Bertz CT molecular complexity index is 192. The molecule has 0 heteroatoms. The molecule has 0 aromatic carbocycles. The van der Waals surface area contributed by atoms with E-state index in [4.69, 9.17) is 0 Å². The van der Waals surface area contributed by atoms with Crippen LogP contribution in [0.4, 0.5) is 0 Å². The van der Waals surface area contributed by atoms with Crippen molar-refractivity contribution in [1.29, 1.82) is 0 Å². The molecule has 0 unspecified atom stereocenters. The summed E-state index contributed by atoms with van der Waals surface area (Å²) < 4.78 is 0. The van der Waals surface area contributed by atoms with E-state index in [0.29, 0.717) is 0 Å². The first-order valence-electron chi connectivity index (χ1n) is 3.24. The predicted molar refractivity (Wildman–Crippen MR) is 41.3 cm³/mol. The second kappa shape index (κ2) is 2.22. The molecule has 0 bridgehead atoms. The van der Waals surface area contributed by atoms with Crippen LogP contribution in [0.1, 0.15) is 20.3 Å². The van der Waals surface area contributed by atoms with Gasteiger partial charge in [0.15, 0.2) is 0 Å². The Kier molecular flexibility index (Phi) is 1.56. The van der Waals surface area contributed by atoms with Gasteiger partial charge in [-0.15, -0.1) is 0 Å². The fraction of sp³-hybridized carbons (Fsp3) is 0.333. The first-order valence-corrected chi connectivity index (χ1v) is 3.24. The average molecular weight is 120 g/mol. The molecule has 0 aromatic rings. The van der Waals surface area contributed by atoms with Crippen molar-refractivity contribution in [2.75, 3.05) is 0 Å². The summed E-state index contributed by atoms with van der Waals surface area (Å²) in [6, 6.07) is 0. The molecule has 1 aliphatic carbocycles. The monoisotopic (exact) mass is 120 g/mol. The van der Waals surface area contributed by atoms with Gasteiger partial charge in [-0.05, 0) is 37.0 Å². The van der Waals surface area contributed by atoms with Crippen LogP contribution in [0.15, 0.2) is 35.5 Å². The van der Waals surface area contributed by atoms with E-state index >= 15 is 0 Å². The Morgan fingerprint density at radius 2 is 2.11 bits per heavy atom. The van der Waals surface area contributed by atoms with Crippen molar-refractivity contribution in [1.82, 2.24) is 0 Å². The molecule has 0 nitrogen and oxygen atoms in total. The number of rotatable bonds is 0. The van der Waals surface area contributed by atoms with Gasteiger partial charge < -0.3 is 0 Å². The van der Waals surface area contributed by atoms with E-state index < -0.39 is 0 Å². The molecular formula is C9H12. The second-order valence-corrected chi connectivity index (χ2v) is 2.52. The fourth-order valence-corrected chi connectivity index (χ4v) is 0.935. The third kappa shape index (κ3) is 1.13. The molecule has 1 rings (SSSR count). The van der Waals surface area contributed by atoms with Crippen LogP contribution in [0.3, 0.4) is 0 Å². The molecule has 0 saturated heterocycles. The summed E-state index contributed by atoms with van der Waals surface area (Å²) in [7, 11) is 0. The van der Waals surface area contributed by atoms with Gasteiger partial charge in [-0.25, -0.2) is 0 Å². The molecule has 0 fully saturated rings. The molecular weight excluding hydrogens is 108 g/mol. The molecule has 9 heavy (non-hydrogen) atoms. The lowest BCUT2D eigenvalue weighted by Gasteiger charge is -2.10. The van der Waals surface area contributed by atoms with Crippen LogP contribution in [-0.2, 0) is 0 Å². The van der Waals surface area contributed by atoms with Gasteiger partial charge in [0.05, 0.1) is 0 Å². The maximum Gasteiger partial charge on any atom is -0.00974 e. The number of hydrogen-bond donors (Lipinski definition) is 0. The smallest absolute Gasteiger partial charge is 0.00974 e. The summed E-state index contributed by atoms with van der Waals surface area (Å²) in [6.07, 6.45) is 5.35. The number of hydrogen-bond acceptors (Lipinski definition) is 0. The first kappa shape index (κ1) is 6.34. The van der Waals surface area contributed by atoms with Gasteiger partial charge in [-0.3, -0.25) is 0 Å². The molecule has 48 valence electrons. The van der Waals surface area contributed by atoms with Crippen molar-refractivity contribution in [3.8, 4) is 0 Å². The second-order valence-electron chi connectivity index (χ2n) is 2.52. The molecule has 1 aliphatic rings. The quantitative estimate of drug-likeness (QED) is 0.461. The van der Waals surface area contributed by atoms with Crippen LogP contribution in [0, 0.1) is 0 Å². The van der Waals surface area contributed by atoms with Gasteiger partial charge in [0, 0.05) is 0 Å². The van der Waals surface area contributed by atoms with Crippen molar-refractivity contribution in [3.63, 3.8) is 0 Å². The van der Waals surface area contributed by atoms with E-state index in [1.807, 2.05) is 0 Å². The van der Waals surface area contributed by atoms with Crippen molar-refractivity contribution >= 4 is 0 Å². The summed E-state index contributed by atoms with van der Waals surface area (Å²) in [6.45, 7) is 8.18. The predicted octanol–water partition coefficient (Wildman–Crippen LogP) is 2.84. The maximum absolute atomic E-state index is 3.94. The molecule has 0 heterocycles. The minimum absolute atomic E-state index is 1.03. The van der Waals surface area contributed by atoms with E-state index in [9.17, 15) is 0 Å². The zero-order valence-corrected chi connectivity index (χ0v) is 6.07. The molecule has 0 atom stereocenters. The summed E-state index contributed by atoms with van der Waals surface area (Å²) >= 11 is 0. The highest BCUT2D eigenvalue weighted by molar-refractivity contribution is 5.41. The van der Waals surface area contributed by atoms with E-state index in [-0.39, 0.29) is 0 Å². The summed E-state index contributed by atoms with van der Waals surface area (Å²) in [4.78, 5) is 0. The summed E-state index contributed by atoms with van der Waals surface area (Å²) in [5.74, 6) is 0. The van der Waals surface area contributed by atoms with E-state index in [0.717, 1.165) is 6.42 Å². The molecule has 0 saturated carbocycles.